The first-order valence-corrected chi connectivity index (χ1v) is 7.41. The number of nitrogens with zero attached hydrogens (tertiary/aromatic N) is 1. The molecule has 2 rings (SSSR count). The van der Waals surface area contributed by atoms with Gasteiger partial charge in [-0.1, -0.05) is 6.92 Å². The molecule has 0 aliphatic carbocycles. The number of rotatable bonds is 4. The minimum Gasteiger partial charge on any atom is -0.339 e. The summed E-state index contributed by atoms with van der Waals surface area (Å²) in [6.07, 6.45) is 2.16. The van der Waals surface area contributed by atoms with Crippen molar-refractivity contribution in [3.63, 3.8) is 0 Å². The van der Waals surface area contributed by atoms with Crippen molar-refractivity contribution in [1.29, 1.82) is 0 Å². The van der Waals surface area contributed by atoms with E-state index in [4.69, 9.17) is 11.6 Å². The topological polar surface area (TPSA) is 49.4 Å². The number of carbonyl (C=O) groups is 2. The monoisotopic (exact) mass is 294 g/mol. The van der Waals surface area contributed by atoms with Crippen molar-refractivity contribution in [3.05, 3.63) is 29.8 Å². The SMILES string of the molecule is CC(CCl)C(=O)Nc1ccc(C(=O)N2CCCC2)cc1. The molecule has 0 spiro atoms. The number of anilines is 1. The molecule has 1 heterocycles. The molecule has 5 heteroatoms. The number of nitrogens with one attached hydrogen (secondary N) is 1. The van der Waals surface area contributed by atoms with Gasteiger partial charge in [0.2, 0.25) is 5.91 Å². The van der Waals surface area contributed by atoms with Crippen molar-refractivity contribution >= 4 is 29.1 Å². The van der Waals surface area contributed by atoms with Gasteiger partial charge in [-0.3, -0.25) is 9.59 Å². The number of hydrogen-bond acceptors (Lipinski definition) is 2. The fraction of sp³-hybridized carbons (Fsp3) is 0.467. The molecule has 1 aromatic carbocycles. The number of benzene rings is 1. The second kappa shape index (κ2) is 6.75. The fourth-order valence-electron chi connectivity index (χ4n) is 2.13. The highest BCUT2D eigenvalue weighted by molar-refractivity contribution is 6.19. The summed E-state index contributed by atoms with van der Waals surface area (Å²) in [7, 11) is 0. The van der Waals surface area contributed by atoms with Gasteiger partial charge in [0.25, 0.3) is 5.91 Å². The molecule has 1 aromatic rings. The molecule has 0 bridgehead atoms. The van der Waals surface area contributed by atoms with Crippen molar-refractivity contribution < 1.29 is 9.59 Å². The Morgan fingerprint density at radius 2 is 1.85 bits per heavy atom. The predicted molar refractivity (Wildman–Crippen MR) is 80.1 cm³/mol. The van der Waals surface area contributed by atoms with Gasteiger partial charge in [0, 0.05) is 36.1 Å². The van der Waals surface area contributed by atoms with Crippen LogP contribution in [0.3, 0.4) is 0 Å². The van der Waals surface area contributed by atoms with E-state index >= 15 is 0 Å². The summed E-state index contributed by atoms with van der Waals surface area (Å²) in [6, 6.07) is 7.01. The van der Waals surface area contributed by atoms with E-state index in [-0.39, 0.29) is 23.6 Å². The van der Waals surface area contributed by atoms with Gasteiger partial charge < -0.3 is 10.2 Å². The van der Waals surface area contributed by atoms with Gasteiger partial charge in [0.15, 0.2) is 0 Å². The van der Waals surface area contributed by atoms with Crippen LogP contribution in [0.4, 0.5) is 5.69 Å². The minimum atomic E-state index is -0.234. The summed E-state index contributed by atoms with van der Waals surface area (Å²) in [5.41, 5.74) is 1.35. The van der Waals surface area contributed by atoms with Crippen molar-refractivity contribution in [2.45, 2.75) is 19.8 Å². The molecule has 4 nitrogen and oxygen atoms in total. The summed E-state index contributed by atoms with van der Waals surface area (Å²) >= 11 is 5.64. The van der Waals surface area contributed by atoms with Gasteiger partial charge in [-0.15, -0.1) is 11.6 Å². The summed E-state index contributed by atoms with van der Waals surface area (Å²) in [5.74, 6) is 0.00729. The summed E-state index contributed by atoms with van der Waals surface area (Å²) in [5, 5.41) is 2.78. The van der Waals surface area contributed by atoms with Crippen molar-refractivity contribution in [2.24, 2.45) is 5.92 Å². The first-order chi connectivity index (χ1) is 9.61. The lowest BCUT2D eigenvalue weighted by Crippen LogP contribution is -2.27. The van der Waals surface area contributed by atoms with E-state index in [0.717, 1.165) is 25.9 Å². The van der Waals surface area contributed by atoms with Crippen LogP contribution in [-0.2, 0) is 4.79 Å². The minimum absolute atomic E-state index is 0.0644. The highest BCUT2D eigenvalue weighted by Gasteiger charge is 2.19. The van der Waals surface area contributed by atoms with E-state index in [1.807, 2.05) is 4.90 Å². The second-order valence-electron chi connectivity index (χ2n) is 5.12. The molecule has 2 amide bonds. The van der Waals surface area contributed by atoms with E-state index in [2.05, 4.69) is 5.32 Å². The van der Waals surface area contributed by atoms with Crippen molar-refractivity contribution in [3.8, 4) is 0 Å². The highest BCUT2D eigenvalue weighted by Crippen LogP contribution is 2.16. The van der Waals surface area contributed by atoms with Crippen LogP contribution in [0.15, 0.2) is 24.3 Å². The largest absolute Gasteiger partial charge is 0.339 e. The number of likely N-dealkylation sites (tertiary alicyclic amines) is 1. The molecule has 1 aliphatic heterocycles. The lowest BCUT2D eigenvalue weighted by molar-refractivity contribution is -0.118. The molecule has 0 radical (unpaired) electrons. The molecular formula is C15H19ClN2O2. The molecule has 1 saturated heterocycles. The van der Waals surface area contributed by atoms with E-state index in [9.17, 15) is 9.59 Å². The maximum Gasteiger partial charge on any atom is 0.253 e. The predicted octanol–water partition coefficient (Wildman–Crippen LogP) is 2.74. The normalized spacial score (nSPS) is 16.0. The maximum atomic E-state index is 12.2. The second-order valence-corrected chi connectivity index (χ2v) is 5.43. The standard InChI is InChI=1S/C15H19ClN2O2/c1-11(10-16)14(19)17-13-6-4-12(5-7-13)15(20)18-8-2-3-9-18/h4-7,11H,2-3,8-10H2,1H3,(H,17,19). The molecule has 1 unspecified atom stereocenters. The number of alkyl halides is 1. The number of halogens is 1. The first-order valence-electron chi connectivity index (χ1n) is 6.88. The summed E-state index contributed by atoms with van der Waals surface area (Å²) in [6.45, 7) is 3.45. The third-order valence-corrected chi connectivity index (χ3v) is 3.93. The Kier molecular flexibility index (Phi) is 5.01. The van der Waals surface area contributed by atoms with Crippen LogP contribution in [-0.4, -0.2) is 35.7 Å². The van der Waals surface area contributed by atoms with Crippen LogP contribution < -0.4 is 5.32 Å². The molecule has 1 aliphatic rings. The van der Waals surface area contributed by atoms with Crippen LogP contribution in [0.5, 0.6) is 0 Å². The molecule has 0 aromatic heterocycles. The lowest BCUT2D eigenvalue weighted by Gasteiger charge is -2.15. The molecule has 1 atom stereocenters. The molecule has 108 valence electrons. The Morgan fingerprint density at radius 3 is 2.40 bits per heavy atom. The lowest BCUT2D eigenvalue weighted by atomic mass is 10.1. The van der Waals surface area contributed by atoms with Gasteiger partial charge in [0.1, 0.15) is 0 Å². The zero-order valence-corrected chi connectivity index (χ0v) is 12.3. The van der Waals surface area contributed by atoms with Crippen LogP contribution >= 0.6 is 11.6 Å². The van der Waals surface area contributed by atoms with Gasteiger partial charge in [-0.25, -0.2) is 0 Å². The molecule has 20 heavy (non-hydrogen) atoms. The van der Waals surface area contributed by atoms with Gasteiger partial charge >= 0.3 is 0 Å². The van der Waals surface area contributed by atoms with Crippen molar-refractivity contribution in [1.82, 2.24) is 4.90 Å². The van der Waals surface area contributed by atoms with Crippen LogP contribution in [0.25, 0.3) is 0 Å². The first kappa shape index (κ1) is 14.9. The average Bonchev–Trinajstić information content (AvgIpc) is 3.00. The molecule has 1 fully saturated rings. The zero-order valence-electron chi connectivity index (χ0n) is 11.6. The van der Waals surface area contributed by atoms with Crippen LogP contribution in [0, 0.1) is 5.92 Å². The number of hydrogen-bond donors (Lipinski definition) is 1. The Hall–Kier alpha value is -1.55. The smallest absolute Gasteiger partial charge is 0.253 e. The third-order valence-electron chi connectivity index (χ3n) is 3.47. The van der Waals surface area contributed by atoms with Crippen molar-refractivity contribution in [2.75, 3.05) is 24.3 Å². The van der Waals surface area contributed by atoms with Gasteiger partial charge in [-0.2, -0.15) is 0 Å². The number of amides is 2. The van der Waals surface area contributed by atoms with E-state index in [1.54, 1.807) is 31.2 Å². The van der Waals surface area contributed by atoms with Gasteiger partial charge in [-0.05, 0) is 37.1 Å². The molecule has 0 saturated carbocycles. The maximum absolute atomic E-state index is 12.2. The van der Waals surface area contributed by atoms with E-state index < -0.39 is 0 Å². The summed E-state index contributed by atoms with van der Waals surface area (Å²) < 4.78 is 0. The Balaban J connectivity index is 1.99. The van der Waals surface area contributed by atoms with E-state index in [1.165, 1.54) is 0 Å². The Labute approximate surface area is 124 Å². The van der Waals surface area contributed by atoms with Gasteiger partial charge in [0.05, 0.1) is 0 Å². The quantitative estimate of drug-likeness (QED) is 0.868. The molecule has 1 N–H and O–H groups in total. The van der Waals surface area contributed by atoms with E-state index in [0.29, 0.717) is 11.3 Å². The third kappa shape index (κ3) is 3.51. The fourth-order valence-corrected chi connectivity index (χ4v) is 2.27. The Morgan fingerprint density at radius 1 is 1.25 bits per heavy atom. The summed E-state index contributed by atoms with van der Waals surface area (Å²) in [4.78, 5) is 25.7. The highest BCUT2D eigenvalue weighted by atomic mass is 35.5. The van der Waals surface area contributed by atoms with Crippen LogP contribution in [0.1, 0.15) is 30.1 Å². The average molecular weight is 295 g/mol. The number of carbonyl (C=O) groups excluding carboxylic acids is 2. The molecular weight excluding hydrogens is 276 g/mol. The van der Waals surface area contributed by atoms with Crippen LogP contribution in [0.2, 0.25) is 0 Å². The zero-order chi connectivity index (χ0) is 14.5. The Bertz CT molecular complexity index is 481.